The van der Waals surface area contributed by atoms with Gasteiger partial charge in [-0.05, 0) is 13.3 Å². The fraction of sp³-hybridized carbons (Fsp3) is 1.00. The summed E-state index contributed by atoms with van der Waals surface area (Å²) in [4.78, 5) is 9.21. The Hall–Kier alpha value is -0.0800. The summed E-state index contributed by atoms with van der Waals surface area (Å²) in [6.45, 7) is 5.28. The van der Waals surface area contributed by atoms with E-state index >= 15 is 0 Å². The molecular weight excluding hydrogens is 92.1 g/mol. The molecule has 7 heavy (non-hydrogen) atoms. The third kappa shape index (κ3) is 5.92. The molecule has 0 aromatic heterocycles. The Labute approximate surface area is 44.4 Å². The summed E-state index contributed by atoms with van der Waals surface area (Å²) in [7, 11) is 0. The van der Waals surface area contributed by atoms with Crippen molar-refractivity contribution in [2.24, 2.45) is 0 Å². The van der Waals surface area contributed by atoms with Crippen LogP contribution < -0.4 is 0 Å². The lowest BCUT2D eigenvalue weighted by atomic mass is 10.5. The fourth-order valence-corrected chi connectivity index (χ4v) is 0.226. The molecule has 0 radical (unpaired) electrons. The molecule has 0 aliphatic carbocycles. The molecule has 0 spiro atoms. The number of rotatable bonds is 4. The molecule has 2 heteroatoms. The molecule has 0 atom stereocenters. The zero-order chi connectivity index (χ0) is 5.54. The highest BCUT2D eigenvalue weighted by Gasteiger charge is 1.77. The summed E-state index contributed by atoms with van der Waals surface area (Å²) >= 11 is 0. The number of hydrogen-bond donors (Lipinski definition) is 0. The van der Waals surface area contributed by atoms with Crippen molar-refractivity contribution in [1.29, 1.82) is 0 Å². The lowest BCUT2D eigenvalue weighted by Crippen LogP contribution is -1.93. The number of hydrogen-bond acceptors (Lipinski definition) is 2. The maximum absolute atomic E-state index is 4.63. The smallest absolute Gasteiger partial charge is 0.0819 e. The molecule has 44 valence electrons. The predicted octanol–water partition coefficient (Wildman–Crippen LogP) is 1.36. The van der Waals surface area contributed by atoms with Crippen LogP contribution in [0.2, 0.25) is 0 Å². The van der Waals surface area contributed by atoms with Crippen molar-refractivity contribution in [2.75, 3.05) is 13.2 Å². The van der Waals surface area contributed by atoms with Crippen molar-refractivity contribution < 1.29 is 9.78 Å². The Kier molecular flexibility index (Phi) is 5.85. The van der Waals surface area contributed by atoms with Crippen LogP contribution in [0.1, 0.15) is 20.3 Å². The molecule has 0 aliphatic rings. The molecule has 0 saturated heterocycles. The van der Waals surface area contributed by atoms with Gasteiger partial charge in [0.25, 0.3) is 0 Å². The second kappa shape index (κ2) is 5.92. The summed E-state index contributed by atoms with van der Waals surface area (Å²) < 4.78 is 0. The van der Waals surface area contributed by atoms with Crippen LogP contribution >= 0.6 is 0 Å². The highest BCUT2D eigenvalue weighted by atomic mass is 17.2. The molecule has 2 nitrogen and oxygen atoms in total. The van der Waals surface area contributed by atoms with Crippen molar-refractivity contribution in [3.05, 3.63) is 0 Å². The van der Waals surface area contributed by atoms with E-state index in [9.17, 15) is 0 Å². The van der Waals surface area contributed by atoms with Gasteiger partial charge in [-0.1, -0.05) is 6.92 Å². The third-order valence-electron chi connectivity index (χ3n) is 0.489. The van der Waals surface area contributed by atoms with Crippen LogP contribution in [0.25, 0.3) is 0 Å². The standard InChI is InChI=1S/C5H12O2/c1-3-5-7-6-4-2/h3-5H2,1-2H3. The van der Waals surface area contributed by atoms with Crippen LogP contribution in [0, 0.1) is 0 Å². The molecule has 0 saturated carbocycles. The van der Waals surface area contributed by atoms with Gasteiger partial charge in [-0.3, -0.25) is 0 Å². The lowest BCUT2D eigenvalue weighted by Gasteiger charge is -1.95. The molecule has 0 N–H and O–H groups in total. The minimum Gasteiger partial charge on any atom is -0.237 e. The first-order valence-electron chi connectivity index (χ1n) is 2.66. The molecule has 0 fully saturated rings. The van der Waals surface area contributed by atoms with Gasteiger partial charge in [0.15, 0.2) is 0 Å². The summed E-state index contributed by atoms with van der Waals surface area (Å²) in [6, 6.07) is 0. The molecule has 0 amide bonds. The van der Waals surface area contributed by atoms with Crippen LogP contribution in [-0.2, 0) is 9.78 Å². The SMILES string of the molecule is CCCOOCC. The average Bonchev–Trinajstić information content (AvgIpc) is 1.69. The summed E-state index contributed by atoms with van der Waals surface area (Å²) in [5, 5.41) is 0. The summed E-state index contributed by atoms with van der Waals surface area (Å²) in [5.74, 6) is 0. The molecule has 0 aliphatic heterocycles. The van der Waals surface area contributed by atoms with E-state index in [4.69, 9.17) is 0 Å². The van der Waals surface area contributed by atoms with E-state index in [1.165, 1.54) is 0 Å². The minimum atomic E-state index is 0.639. The Morgan fingerprint density at radius 1 is 1.14 bits per heavy atom. The lowest BCUT2D eigenvalue weighted by molar-refractivity contribution is -0.290. The maximum atomic E-state index is 4.63. The van der Waals surface area contributed by atoms with E-state index in [0.29, 0.717) is 13.2 Å². The second-order valence-electron chi connectivity index (χ2n) is 1.23. The first-order chi connectivity index (χ1) is 3.41. The van der Waals surface area contributed by atoms with Crippen LogP contribution in [0.4, 0.5) is 0 Å². The summed E-state index contributed by atoms with van der Waals surface area (Å²) in [6.07, 6.45) is 1.01. The van der Waals surface area contributed by atoms with Gasteiger partial charge in [-0.2, -0.15) is 0 Å². The van der Waals surface area contributed by atoms with Crippen LogP contribution in [0.5, 0.6) is 0 Å². The molecule has 0 bridgehead atoms. The van der Waals surface area contributed by atoms with E-state index in [2.05, 4.69) is 9.78 Å². The second-order valence-corrected chi connectivity index (χ2v) is 1.23. The predicted molar refractivity (Wildman–Crippen MR) is 27.9 cm³/mol. The van der Waals surface area contributed by atoms with E-state index < -0.39 is 0 Å². The molecular formula is C5H12O2. The van der Waals surface area contributed by atoms with Gasteiger partial charge in [0.1, 0.15) is 0 Å². The van der Waals surface area contributed by atoms with Crippen LogP contribution in [0.3, 0.4) is 0 Å². The van der Waals surface area contributed by atoms with Crippen LogP contribution in [-0.4, -0.2) is 13.2 Å². The van der Waals surface area contributed by atoms with E-state index in [1.54, 1.807) is 0 Å². The minimum absolute atomic E-state index is 0.639. The quantitative estimate of drug-likeness (QED) is 0.304. The van der Waals surface area contributed by atoms with Gasteiger partial charge in [0, 0.05) is 0 Å². The molecule has 0 aromatic carbocycles. The average molecular weight is 104 g/mol. The Morgan fingerprint density at radius 3 is 2.29 bits per heavy atom. The molecule has 0 heterocycles. The summed E-state index contributed by atoms with van der Waals surface area (Å²) in [5.41, 5.74) is 0. The molecule has 0 aromatic rings. The largest absolute Gasteiger partial charge is 0.237 e. The van der Waals surface area contributed by atoms with Gasteiger partial charge < -0.3 is 0 Å². The van der Waals surface area contributed by atoms with E-state index in [0.717, 1.165) is 6.42 Å². The fourth-order valence-electron chi connectivity index (χ4n) is 0.226. The van der Waals surface area contributed by atoms with Crippen molar-refractivity contribution in [3.8, 4) is 0 Å². The van der Waals surface area contributed by atoms with Crippen molar-refractivity contribution >= 4 is 0 Å². The van der Waals surface area contributed by atoms with Gasteiger partial charge in [0.2, 0.25) is 0 Å². The van der Waals surface area contributed by atoms with Crippen molar-refractivity contribution in [3.63, 3.8) is 0 Å². The Bertz CT molecular complexity index is 25.3. The van der Waals surface area contributed by atoms with Gasteiger partial charge >= 0.3 is 0 Å². The van der Waals surface area contributed by atoms with Crippen LogP contribution in [0.15, 0.2) is 0 Å². The third-order valence-corrected chi connectivity index (χ3v) is 0.489. The highest BCUT2D eigenvalue weighted by Crippen LogP contribution is 1.79. The Balaban J connectivity index is 2.45. The normalized spacial score (nSPS) is 9.43. The van der Waals surface area contributed by atoms with E-state index in [-0.39, 0.29) is 0 Å². The first kappa shape index (κ1) is 6.92. The zero-order valence-electron chi connectivity index (χ0n) is 4.94. The monoisotopic (exact) mass is 104 g/mol. The molecule has 0 unspecified atom stereocenters. The highest BCUT2D eigenvalue weighted by molar-refractivity contribution is 4.14. The van der Waals surface area contributed by atoms with Crippen molar-refractivity contribution in [2.45, 2.75) is 20.3 Å². The Morgan fingerprint density at radius 2 is 1.86 bits per heavy atom. The van der Waals surface area contributed by atoms with Gasteiger partial charge in [-0.25, -0.2) is 9.78 Å². The van der Waals surface area contributed by atoms with Gasteiger partial charge in [-0.15, -0.1) is 0 Å². The van der Waals surface area contributed by atoms with E-state index in [1.807, 2.05) is 13.8 Å². The van der Waals surface area contributed by atoms with Crippen molar-refractivity contribution in [1.82, 2.24) is 0 Å². The molecule has 0 rings (SSSR count). The topological polar surface area (TPSA) is 18.5 Å². The first-order valence-corrected chi connectivity index (χ1v) is 2.66. The maximum Gasteiger partial charge on any atom is 0.0819 e. The van der Waals surface area contributed by atoms with Gasteiger partial charge in [0.05, 0.1) is 13.2 Å². The zero-order valence-corrected chi connectivity index (χ0v) is 4.94.